The van der Waals surface area contributed by atoms with Crippen molar-refractivity contribution < 1.29 is 4.79 Å². The molecule has 1 fully saturated rings. The largest absolute Gasteiger partial charge is 0.324 e. The second kappa shape index (κ2) is 8.34. The summed E-state index contributed by atoms with van der Waals surface area (Å²) in [4.78, 5) is 22.6. The Hall–Kier alpha value is -2.71. The number of amides is 2. The zero-order valence-electron chi connectivity index (χ0n) is 15.7. The zero-order valence-corrected chi connectivity index (χ0v) is 17.2. The van der Waals surface area contributed by atoms with E-state index in [0.29, 0.717) is 23.1 Å². The summed E-state index contributed by atoms with van der Waals surface area (Å²) in [5.41, 5.74) is 1.09. The van der Waals surface area contributed by atoms with Crippen LogP contribution in [-0.4, -0.2) is 42.2 Å². The fourth-order valence-electron chi connectivity index (χ4n) is 3.43. The summed E-state index contributed by atoms with van der Waals surface area (Å²) < 4.78 is 2.04. The molecule has 1 aliphatic rings. The molecule has 1 atom stereocenters. The molecule has 10 heteroatoms. The Balaban J connectivity index is 1.55. The Morgan fingerprint density at radius 2 is 1.86 bits per heavy atom. The molecule has 1 saturated heterocycles. The van der Waals surface area contributed by atoms with Crippen LogP contribution in [0.3, 0.4) is 0 Å². The van der Waals surface area contributed by atoms with Crippen LogP contribution in [-0.2, 0) is 6.54 Å². The molecule has 2 amide bonds. The van der Waals surface area contributed by atoms with Crippen LogP contribution in [0.1, 0.15) is 36.1 Å². The highest BCUT2D eigenvalue weighted by Gasteiger charge is 2.34. The SMILES string of the molecule is Cc1nnc([C@H]2CCCN2C(=O)Nc2ncc(Cl)cn2)n1Cc1ccc(Cl)cc1. The smallest absolute Gasteiger partial charge is 0.314 e. The maximum atomic E-state index is 12.8. The second-order valence-electron chi connectivity index (χ2n) is 6.82. The average molecular weight is 432 g/mol. The van der Waals surface area contributed by atoms with Crippen molar-refractivity contribution >= 4 is 35.2 Å². The van der Waals surface area contributed by atoms with Gasteiger partial charge in [-0.15, -0.1) is 10.2 Å². The predicted octanol–water partition coefficient (Wildman–Crippen LogP) is 4.10. The molecule has 0 saturated carbocycles. The lowest BCUT2D eigenvalue weighted by atomic mass is 10.2. The van der Waals surface area contributed by atoms with Gasteiger partial charge in [-0.2, -0.15) is 0 Å². The van der Waals surface area contributed by atoms with E-state index in [2.05, 4.69) is 25.5 Å². The van der Waals surface area contributed by atoms with E-state index in [0.717, 1.165) is 30.1 Å². The van der Waals surface area contributed by atoms with Gasteiger partial charge >= 0.3 is 6.03 Å². The Kier molecular flexibility index (Phi) is 5.64. The monoisotopic (exact) mass is 431 g/mol. The van der Waals surface area contributed by atoms with E-state index in [1.54, 1.807) is 4.90 Å². The minimum absolute atomic E-state index is 0.171. The van der Waals surface area contributed by atoms with Gasteiger partial charge in [0, 0.05) is 11.6 Å². The van der Waals surface area contributed by atoms with Gasteiger partial charge in [-0.05, 0) is 37.5 Å². The van der Waals surface area contributed by atoms with E-state index < -0.39 is 0 Å². The van der Waals surface area contributed by atoms with Crippen LogP contribution >= 0.6 is 23.2 Å². The van der Waals surface area contributed by atoms with Gasteiger partial charge in [0.2, 0.25) is 5.95 Å². The molecule has 29 heavy (non-hydrogen) atoms. The van der Waals surface area contributed by atoms with Crippen LogP contribution in [0.2, 0.25) is 10.0 Å². The third kappa shape index (κ3) is 4.33. The molecule has 0 spiro atoms. The quantitative estimate of drug-likeness (QED) is 0.671. The molecule has 3 aromatic rings. The molecule has 0 aliphatic carbocycles. The van der Waals surface area contributed by atoms with Gasteiger partial charge < -0.3 is 9.47 Å². The maximum absolute atomic E-state index is 12.8. The predicted molar refractivity (Wildman–Crippen MR) is 110 cm³/mol. The molecule has 8 nitrogen and oxygen atoms in total. The molecule has 1 aromatic carbocycles. The van der Waals surface area contributed by atoms with Crippen molar-refractivity contribution in [3.05, 3.63) is 63.9 Å². The Morgan fingerprint density at radius 3 is 2.59 bits per heavy atom. The highest BCUT2D eigenvalue weighted by atomic mass is 35.5. The summed E-state index contributed by atoms with van der Waals surface area (Å²) in [6.07, 6.45) is 4.58. The van der Waals surface area contributed by atoms with Gasteiger partial charge in [0.05, 0.1) is 30.0 Å². The maximum Gasteiger partial charge on any atom is 0.324 e. The molecule has 150 valence electrons. The number of benzene rings is 1. The molecular weight excluding hydrogens is 413 g/mol. The first-order valence-electron chi connectivity index (χ1n) is 9.20. The minimum atomic E-state index is -0.270. The van der Waals surface area contributed by atoms with E-state index in [9.17, 15) is 4.79 Å². The Bertz CT molecular complexity index is 1000. The van der Waals surface area contributed by atoms with Crippen molar-refractivity contribution in [1.82, 2.24) is 29.6 Å². The topological polar surface area (TPSA) is 88.8 Å². The van der Waals surface area contributed by atoms with E-state index in [1.807, 2.05) is 35.8 Å². The van der Waals surface area contributed by atoms with Crippen molar-refractivity contribution in [1.29, 1.82) is 0 Å². The fraction of sp³-hybridized carbons (Fsp3) is 0.316. The first-order chi connectivity index (χ1) is 14.0. The zero-order chi connectivity index (χ0) is 20.4. The summed E-state index contributed by atoms with van der Waals surface area (Å²) in [6, 6.07) is 7.23. The van der Waals surface area contributed by atoms with E-state index in [-0.39, 0.29) is 18.0 Å². The van der Waals surface area contributed by atoms with Crippen molar-refractivity contribution in [3.8, 4) is 0 Å². The molecule has 3 heterocycles. The van der Waals surface area contributed by atoms with Crippen LogP contribution < -0.4 is 5.32 Å². The summed E-state index contributed by atoms with van der Waals surface area (Å²) >= 11 is 11.8. The number of urea groups is 1. The molecule has 4 rings (SSSR count). The number of aromatic nitrogens is 5. The van der Waals surface area contributed by atoms with Crippen molar-refractivity contribution in [3.63, 3.8) is 0 Å². The number of rotatable bonds is 4. The number of hydrogen-bond acceptors (Lipinski definition) is 5. The summed E-state index contributed by atoms with van der Waals surface area (Å²) in [5.74, 6) is 1.77. The average Bonchev–Trinajstić information content (AvgIpc) is 3.33. The molecular formula is C19H19Cl2N7O. The van der Waals surface area contributed by atoms with Crippen LogP contribution in [0, 0.1) is 6.92 Å². The van der Waals surface area contributed by atoms with Gasteiger partial charge in [0.15, 0.2) is 5.82 Å². The number of carbonyl (C=O) groups excluding carboxylic acids is 1. The number of carbonyl (C=O) groups is 1. The summed E-state index contributed by atoms with van der Waals surface area (Å²) in [7, 11) is 0. The molecule has 0 unspecified atom stereocenters. The van der Waals surface area contributed by atoms with E-state index in [4.69, 9.17) is 23.2 Å². The van der Waals surface area contributed by atoms with E-state index >= 15 is 0 Å². The van der Waals surface area contributed by atoms with Gasteiger partial charge in [0.1, 0.15) is 5.82 Å². The van der Waals surface area contributed by atoms with Gasteiger partial charge in [-0.25, -0.2) is 14.8 Å². The third-order valence-corrected chi connectivity index (χ3v) is 5.32. The van der Waals surface area contributed by atoms with Crippen LogP contribution in [0.15, 0.2) is 36.7 Å². The van der Waals surface area contributed by atoms with Crippen LogP contribution in [0.25, 0.3) is 0 Å². The molecule has 1 aliphatic heterocycles. The highest BCUT2D eigenvalue weighted by Crippen LogP contribution is 2.32. The molecule has 2 aromatic heterocycles. The molecule has 1 N–H and O–H groups in total. The molecule has 0 radical (unpaired) electrons. The third-order valence-electron chi connectivity index (χ3n) is 4.87. The van der Waals surface area contributed by atoms with Gasteiger partial charge in [-0.3, -0.25) is 5.32 Å². The van der Waals surface area contributed by atoms with Crippen molar-refractivity contribution in [2.24, 2.45) is 0 Å². The highest BCUT2D eigenvalue weighted by molar-refractivity contribution is 6.30. The van der Waals surface area contributed by atoms with Crippen LogP contribution in [0.5, 0.6) is 0 Å². The lowest BCUT2D eigenvalue weighted by Crippen LogP contribution is -2.36. The van der Waals surface area contributed by atoms with Gasteiger partial charge in [0.25, 0.3) is 0 Å². The van der Waals surface area contributed by atoms with Crippen LogP contribution in [0.4, 0.5) is 10.7 Å². The standard InChI is InChI=1S/C19H19Cl2N7O/c1-12-25-26-17(28(12)11-13-4-6-14(20)7-5-13)16-3-2-8-27(16)19(29)24-18-22-9-15(21)10-23-18/h4-7,9-10,16H,2-3,8,11H2,1H3,(H,22,23,24,29)/t16-/m1/s1. The second-order valence-corrected chi connectivity index (χ2v) is 7.70. The van der Waals surface area contributed by atoms with E-state index in [1.165, 1.54) is 12.4 Å². The lowest BCUT2D eigenvalue weighted by molar-refractivity contribution is 0.203. The molecule has 0 bridgehead atoms. The number of nitrogens with zero attached hydrogens (tertiary/aromatic N) is 6. The minimum Gasteiger partial charge on any atom is -0.314 e. The number of nitrogens with one attached hydrogen (secondary N) is 1. The number of anilines is 1. The van der Waals surface area contributed by atoms with Crippen molar-refractivity contribution in [2.75, 3.05) is 11.9 Å². The normalized spacial score (nSPS) is 16.2. The summed E-state index contributed by atoms with van der Waals surface area (Å²) in [5, 5.41) is 12.5. The Labute approximate surface area is 177 Å². The number of likely N-dealkylation sites (tertiary alicyclic amines) is 1. The number of hydrogen-bond donors (Lipinski definition) is 1. The van der Waals surface area contributed by atoms with Crippen molar-refractivity contribution in [2.45, 2.75) is 32.4 Å². The van der Waals surface area contributed by atoms with Gasteiger partial charge in [-0.1, -0.05) is 35.3 Å². The number of aryl methyl sites for hydroxylation is 1. The number of halogens is 2. The summed E-state index contributed by atoms with van der Waals surface area (Å²) in [6.45, 7) is 3.14. The lowest BCUT2D eigenvalue weighted by Gasteiger charge is -2.24. The first-order valence-corrected chi connectivity index (χ1v) is 9.96. The Morgan fingerprint density at radius 1 is 1.14 bits per heavy atom. The first kappa shape index (κ1) is 19.6. The fourth-order valence-corrected chi connectivity index (χ4v) is 3.66.